The molecule has 1 N–H and O–H groups in total. The molecule has 31 heavy (non-hydrogen) atoms. The maximum absolute atomic E-state index is 13.8. The first-order valence-corrected chi connectivity index (χ1v) is 13.2. The first kappa shape index (κ1) is 24.0. The van der Waals surface area contributed by atoms with Crippen molar-refractivity contribution in [1.82, 2.24) is 14.6 Å². The number of carbonyl (C=O) groups excluding carboxylic acids is 1. The van der Waals surface area contributed by atoms with Crippen LogP contribution in [0.2, 0.25) is 0 Å². The quantitative estimate of drug-likeness (QED) is 0.688. The van der Waals surface area contributed by atoms with Gasteiger partial charge in [-0.25, -0.2) is 13.4 Å². The summed E-state index contributed by atoms with van der Waals surface area (Å²) in [5, 5.41) is 3.17. The molecule has 1 saturated carbocycles. The van der Waals surface area contributed by atoms with Crippen molar-refractivity contribution in [3.05, 3.63) is 17.8 Å². The Labute approximate surface area is 187 Å². The number of pyridine rings is 1. The van der Waals surface area contributed by atoms with Crippen LogP contribution in [0.5, 0.6) is 0 Å². The molecule has 0 unspecified atom stereocenters. The second kappa shape index (κ2) is 9.86. The molecule has 0 aromatic carbocycles. The number of carbonyl (C=O) groups is 1. The van der Waals surface area contributed by atoms with E-state index in [0.29, 0.717) is 37.7 Å². The van der Waals surface area contributed by atoms with E-state index in [-0.39, 0.29) is 22.9 Å². The summed E-state index contributed by atoms with van der Waals surface area (Å²) in [6.45, 7) is 11.1. The maximum Gasteiger partial charge on any atom is 0.247 e. The van der Waals surface area contributed by atoms with Gasteiger partial charge in [0.25, 0.3) is 0 Å². The van der Waals surface area contributed by atoms with Crippen LogP contribution in [0.4, 0.5) is 5.82 Å². The summed E-state index contributed by atoms with van der Waals surface area (Å²) in [6, 6.07) is 2.98. The molecule has 2 aliphatic rings. The van der Waals surface area contributed by atoms with Crippen LogP contribution in [0.25, 0.3) is 0 Å². The number of nitrogens with one attached hydrogen (secondary N) is 1. The molecule has 0 bridgehead atoms. The molecule has 7 nitrogen and oxygen atoms in total. The third-order valence-electron chi connectivity index (χ3n) is 6.75. The Bertz CT molecular complexity index is 887. The Morgan fingerprint density at radius 3 is 2.58 bits per heavy atom. The fourth-order valence-electron chi connectivity index (χ4n) is 4.92. The topological polar surface area (TPSA) is 82.6 Å². The summed E-state index contributed by atoms with van der Waals surface area (Å²) >= 11 is 0. The number of anilines is 1. The van der Waals surface area contributed by atoms with E-state index >= 15 is 0 Å². The van der Waals surface area contributed by atoms with Crippen molar-refractivity contribution in [1.29, 1.82) is 0 Å². The Morgan fingerprint density at radius 2 is 1.94 bits per heavy atom. The van der Waals surface area contributed by atoms with Crippen LogP contribution < -0.4 is 10.2 Å². The molecule has 2 heterocycles. The normalized spacial score (nSPS) is 25.0. The smallest absolute Gasteiger partial charge is 0.247 e. The van der Waals surface area contributed by atoms with Gasteiger partial charge in [-0.05, 0) is 71.4 Å². The minimum absolute atomic E-state index is 0.110. The molecule has 174 valence electrons. The molecule has 8 heteroatoms. The zero-order chi connectivity index (χ0) is 22.8. The molecule has 1 amide bonds. The lowest BCUT2D eigenvalue weighted by Crippen LogP contribution is -2.51. The van der Waals surface area contributed by atoms with Crippen molar-refractivity contribution in [2.24, 2.45) is 5.92 Å². The molecule has 3 atom stereocenters. The Kier molecular flexibility index (Phi) is 7.63. The summed E-state index contributed by atoms with van der Waals surface area (Å²) in [7, 11) is -3.85. The lowest BCUT2D eigenvalue weighted by molar-refractivity contribution is -0.125. The molecule has 1 aromatic rings. The van der Waals surface area contributed by atoms with E-state index in [1.54, 1.807) is 12.1 Å². The highest BCUT2D eigenvalue weighted by atomic mass is 32.2. The van der Waals surface area contributed by atoms with Gasteiger partial charge in [-0.3, -0.25) is 4.79 Å². The maximum atomic E-state index is 13.8. The number of amides is 1. The monoisotopic (exact) mass is 450 g/mol. The standard InChI is InChI=1S/C23H38N4O3S/c1-6-26(16(2)3)22-21(14-13-18(5)24-22)31(29,30)27-15-9-12-20(27)23(28)25-19-11-8-7-10-17(19)4/h13-14,16-17,19-20H,6-12,15H2,1-5H3,(H,25,28)/t17-,19+,20+/m1/s1. The molecule has 1 aromatic heterocycles. The average Bonchev–Trinajstić information content (AvgIpc) is 3.21. The van der Waals surface area contributed by atoms with Crippen LogP contribution in [0.3, 0.4) is 0 Å². The Morgan fingerprint density at radius 1 is 1.23 bits per heavy atom. The van der Waals surface area contributed by atoms with Crippen LogP contribution in [0, 0.1) is 12.8 Å². The number of aryl methyl sites for hydroxylation is 1. The van der Waals surface area contributed by atoms with Gasteiger partial charge in [0.15, 0.2) is 0 Å². The van der Waals surface area contributed by atoms with Crippen molar-refractivity contribution in [3.63, 3.8) is 0 Å². The summed E-state index contributed by atoms with van der Waals surface area (Å²) in [5.74, 6) is 0.753. The van der Waals surface area contributed by atoms with Gasteiger partial charge in [0, 0.05) is 30.9 Å². The number of hydrogen-bond acceptors (Lipinski definition) is 5. The predicted molar refractivity (Wildman–Crippen MR) is 124 cm³/mol. The molecular weight excluding hydrogens is 412 g/mol. The molecule has 1 aliphatic carbocycles. The fraction of sp³-hybridized carbons (Fsp3) is 0.739. The largest absolute Gasteiger partial charge is 0.353 e. The third-order valence-corrected chi connectivity index (χ3v) is 8.68. The summed E-state index contributed by atoms with van der Waals surface area (Å²) in [6.07, 6.45) is 5.64. The minimum Gasteiger partial charge on any atom is -0.353 e. The van der Waals surface area contributed by atoms with Crippen molar-refractivity contribution >= 4 is 21.7 Å². The number of hydrogen-bond donors (Lipinski definition) is 1. The molecule has 0 radical (unpaired) electrons. The lowest BCUT2D eigenvalue weighted by atomic mass is 9.86. The second-order valence-electron chi connectivity index (χ2n) is 9.30. The van der Waals surface area contributed by atoms with Crippen LogP contribution in [-0.4, -0.2) is 54.8 Å². The number of nitrogens with zero attached hydrogens (tertiary/aromatic N) is 3. The Balaban J connectivity index is 1.89. The van der Waals surface area contributed by atoms with Crippen LogP contribution >= 0.6 is 0 Å². The SMILES string of the molecule is CCN(c1nc(C)ccc1S(=O)(=O)N1CCC[C@H]1C(=O)N[C@H]1CCCC[C@H]1C)C(C)C. The van der Waals surface area contributed by atoms with Crippen molar-refractivity contribution in [2.75, 3.05) is 18.0 Å². The fourth-order valence-corrected chi connectivity index (χ4v) is 6.71. The van der Waals surface area contributed by atoms with Gasteiger partial charge < -0.3 is 10.2 Å². The van der Waals surface area contributed by atoms with Gasteiger partial charge in [-0.2, -0.15) is 4.31 Å². The van der Waals surface area contributed by atoms with Gasteiger partial charge in [0.1, 0.15) is 16.8 Å². The summed E-state index contributed by atoms with van der Waals surface area (Å²) in [4.78, 5) is 19.9. The van der Waals surface area contributed by atoms with Gasteiger partial charge in [-0.15, -0.1) is 0 Å². The van der Waals surface area contributed by atoms with E-state index in [1.807, 2.05) is 32.6 Å². The number of aromatic nitrogens is 1. The highest BCUT2D eigenvalue weighted by molar-refractivity contribution is 7.89. The molecule has 2 fully saturated rings. The van der Waals surface area contributed by atoms with Gasteiger partial charge in [0.2, 0.25) is 15.9 Å². The zero-order valence-corrected chi connectivity index (χ0v) is 20.4. The van der Waals surface area contributed by atoms with Crippen LogP contribution in [0.1, 0.15) is 71.9 Å². The highest BCUT2D eigenvalue weighted by Crippen LogP contribution is 2.33. The van der Waals surface area contributed by atoms with E-state index in [0.717, 1.165) is 25.0 Å². The van der Waals surface area contributed by atoms with Crippen molar-refractivity contribution < 1.29 is 13.2 Å². The van der Waals surface area contributed by atoms with Crippen molar-refractivity contribution in [3.8, 4) is 0 Å². The molecule has 1 saturated heterocycles. The van der Waals surface area contributed by atoms with E-state index in [9.17, 15) is 13.2 Å². The van der Waals surface area contributed by atoms with Gasteiger partial charge in [0.05, 0.1) is 0 Å². The first-order valence-electron chi connectivity index (χ1n) is 11.7. The van der Waals surface area contributed by atoms with Gasteiger partial charge in [-0.1, -0.05) is 19.8 Å². The molecular formula is C23H38N4O3S. The third kappa shape index (κ3) is 5.06. The summed E-state index contributed by atoms with van der Waals surface area (Å²) < 4.78 is 28.9. The van der Waals surface area contributed by atoms with Crippen molar-refractivity contribution in [2.45, 2.75) is 96.2 Å². The van der Waals surface area contributed by atoms with E-state index in [4.69, 9.17) is 0 Å². The molecule has 3 rings (SSSR count). The number of rotatable bonds is 7. The van der Waals surface area contributed by atoms with Crippen LogP contribution in [0.15, 0.2) is 17.0 Å². The van der Waals surface area contributed by atoms with E-state index < -0.39 is 16.1 Å². The second-order valence-corrected chi connectivity index (χ2v) is 11.2. The number of sulfonamides is 1. The lowest BCUT2D eigenvalue weighted by Gasteiger charge is -2.33. The predicted octanol–water partition coefficient (Wildman–Crippen LogP) is 3.47. The average molecular weight is 451 g/mol. The Hall–Kier alpha value is -1.67. The first-order chi connectivity index (χ1) is 14.7. The van der Waals surface area contributed by atoms with Gasteiger partial charge >= 0.3 is 0 Å². The highest BCUT2D eigenvalue weighted by Gasteiger charge is 2.42. The zero-order valence-electron chi connectivity index (χ0n) is 19.6. The minimum atomic E-state index is -3.85. The summed E-state index contributed by atoms with van der Waals surface area (Å²) in [5.41, 5.74) is 0.773. The van der Waals surface area contributed by atoms with E-state index in [2.05, 4.69) is 17.2 Å². The molecule has 1 aliphatic heterocycles. The molecule has 0 spiro atoms. The van der Waals surface area contributed by atoms with Crippen LogP contribution in [-0.2, 0) is 14.8 Å². The van der Waals surface area contributed by atoms with E-state index in [1.165, 1.54) is 10.7 Å².